The molecule has 1 aromatic rings. The van der Waals surface area contributed by atoms with E-state index in [9.17, 15) is 4.79 Å². The SMILES string of the molecule is COC(=O)c1c(Br)nsc1C#N. The van der Waals surface area contributed by atoms with E-state index in [1.807, 2.05) is 6.07 Å². The highest BCUT2D eigenvalue weighted by atomic mass is 79.9. The molecule has 0 saturated carbocycles. The molecule has 0 bridgehead atoms. The zero-order valence-corrected chi connectivity index (χ0v) is 8.40. The van der Waals surface area contributed by atoms with E-state index in [1.165, 1.54) is 7.11 Å². The normalized spacial score (nSPS) is 9.08. The van der Waals surface area contributed by atoms with Crippen LogP contribution in [-0.2, 0) is 4.74 Å². The molecule has 0 unspecified atom stereocenters. The van der Waals surface area contributed by atoms with Crippen molar-refractivity contribution >= 4 is 33.4 Å². The molecule has 0 fully saturated rings. The summed E-state index contributed by atoms with van der Waals surface area (Å²) >= 11 is 4.01. The molecule has 0 aliphatic rings. The highest BCUT2D eigenvalue weighted by Gasteiger charge is 2.19. The zero-order chi connectivity index (χ0) is 9.14. The molecule has 0 aliphatic carbocycles. The first kappa shape index (κ1) is 9.16. The smallest absolute Gasteiger partial charge is 0.342 e. The van der Waals surface area contributed by atoms with Crippen LogP contribution in [0.15, 0.2) is 4.60 Å². The van der Waals surface area contributed by atoms with Gasteiger partial charge in [0.05, 0.1) is 7.11 Å². The Hall–Kier alpha value is -0.930. The Balaban J connectivity index is 3.21. The molecule has 0 atom stereocenters. The number of hydrogen-bond donors (Lipinski definition) is 0. The van der Waals surface area contributed by atoms with Crippen molar-refractivity contribution in [3.8, 4) is 6.07 Å². The summed E-state index contributed by atoms with van der Waals surface area (Å²) in [5, 5.41) is 8.57. The first-order valence-corrected chi connectivity index (χ1v) is 4.41. The summed E-state index contributed by atoms with van der Waals surface area (Å²) in [4.78, 5) is 11.3. The molecule has 0 amide bonds. The zero-order valence-electron chi connectivity index (χ0n) is 6.00. The minimum Gasteiger partial charge on any atom is -0.465 e. The van der Waals surface area contributed by atoms with Gasteiger partial charge in [0.1, 0.15) is 21.1 Å². The summed E-state index contributed by atoms with van der Waals surface area (Å²) in [5.41, 5.74) is 0.199. The highest BCUT2D eigenvalue weighted by Crippen LogP contribution is 2.23. The summed E-state index contributed by atoms with van der Waals surface area (Å²) in [6.45, 7) is 0. The van der Waals surface area contributed by atoms with Crippen molar-refractivity contribution in [2.75, 3.05) is 7.11 Å². The van der Waals surface area contributed by atoms with Crippen LogP contribution in [0.5, 0.6) is 0 Å². The molecule has 1 heterocycles. The number of halogens is 1. The lowest BCUT2D eigenvalue weighted by atomic mass is 10.3. The number of nitriles is 1. The minimum atomic E-state index is -0.549. The molecule has 0 spiro atoms. The van der Waals surface area contributed by atoms with E-state index in [0.717, 1.165) is 11.5 Å². The fourth-order valence-corrected chi connectivity index (χ4v) is 1.91. The summed E-state index contributed by atoms with van der Waals surface area (Å²) in [6.07, 6.45) is 0. The maximum Gasteiger partial charge on any atom is 0.342 e. The van der Waals surface area contributed by atoms with Crippen LogP contribution in [0.3, 0.4) is 0 Å². The van der Waals surface area contributed by atoms with Crippen LogP contribution in [0.2, 0.25) is 0 Å². The molecule has 4 nitrogen and oxygen atoms in total. The Labute approximate surface area is 81.1 Å². The van der Waals surface area contributed by atoms with E-state index < -0.39 is 5.97 Å². The van der Waals surface area contributed by atoms with Crippen molar-refractivity contribution in [3.63, 3.8) is 0 Å². The van der Waals surface area contributed by atoms with Crippen molar-refractivity contribution in [3.05, 3.63) is 15.0 Å². The van der Waals surface area contributed by atoms with Gasteiger partial charge in [0.15, 0.2) is 0 Å². The van der Waals surface area contributed by atoms with Crippen molar-refractivity contribution < 1.29 is 9.53 Å². The quantitative estimate of drug-likeness (QED) is 0.706. The number of nitrogens with zero attached hydrogens (tertiary/aromatic N) is 2. The molecule has 62 valence electrons. The minimum absolute atomic E-state index is 0.199. The molecular weight excluding hydrogens is 244 g/mol. The van der Waals surface area contributed by atoms with Gasteiger partial charge in [0, 0.05) is 0 Å². The Kier molecular flexibility index (Phi) is 2.78. The Morgan fingerprint density at radius 1 is 1.83 bits per heavy atom. The number of ether oxygens (including phenoxy) is 1. The van der Waals surface area contributed by atoms with Crippen LogP contribution in [0, 0.1) is 11.3 Å². The van der Waals surface area contributed by atoms with E-state index >= 15 is 0 Å². The molecule has 0 aliphatic heterocycles. The molecule has 0 N–H and O–H groups in total. The van der Waals surface area contributed by atoms with Crippen molar-refractivity contribution in [2.45, 2.75) is 0 Å². The van der Waals surface area contributed by atoms with Gasteiger partial charge in [-0.25, -0.2) is 4.79 Å². The summed E-state index contributed by atoms with van der Waals surface area (Å²) in [5.74, 6) is -0.549. The van der Waals surface area contributed by atoms with Crippen molar-refractivity contribution in [1.82, 2.24) is 4.37 Å². The highest BCUT2D eigenvalue weighted by molar-refractivity contribution is 9.10. The average molecular weight is 247 g/mol. The van der Waals surface area contributed by atoms with E-state index in [1.54, 1.807) is 0 Å². The topological polar surface area (TPSA) is 63.0 Å². The Bertz CT molecular complexity index is 355. The second-order valence-electron chi connectivity index (χ2n) is 1.78. The fraction of sp³-hybridized carbons (Fsp3) is 0.167. The van der Waals surface area contributed by atoms with Crippen LogP contribution in [-0.4, -0.2) is 17.5 Å². The van der Waals surface area contributed by atoms with Gasteiger partial charge >= 0.3 is 5.97 Å². The van der Waals surface area contributed by atoms with E-state index in [0.29, 0.717) is 4.60 Å². The number of carbonyl (C=O) groups excluding carboxylic acids is 1. The lowest BCUT2D eigenvalue weighted by molar-refractivity contribution is 0.0599. The Morgan fingerprint density at radius 2 is 2.50 bits per heavy atom. The van der Waals surface area contributed by atoms with Gasteiger partial charge in [-0.3, -0.25) is 0 Å². The monoisotopic (exact) mass is 246 g/mol. The first-order valence-electron chi connectivity index (χ1n) is 2.84. The molecule has 1 aromatic heterocycles. The number of esters is 1. The third-order valence-electron chi connectivity index (χ3n) is 1.14. The molecule has 1 rings (SSSR count). The molecule has 0 saturated heterocycles. The second kappa shape index (κ2) is 3.65. The lowest BCUT2D eigenvalue weighted by Crippen LogP contribution is -2.02. The first-order chi connectivity index (χ1) is 5.70. The molecule has 12 heavy (non-hydrogen) atoms. The van der Waals surface area contributed by atoms with E-state index in [2.05, 4.69) is 25.0 Å². The Morgan fingerprint density at radius 3 is 3.00 bits per heavy atom. The van der Waals surface area contributed by atoms with Gasteiger partial charge in [-0.05, 0) is 27.5 Å². The van der Waals surface area contributed by atoms with Gasteiger partial charge < -0.3 is 4.74 Å². The molecule has 6 heteroatoms. The molecule has 0 radical (unpaired) electrons. The third-order valence-corrected chi connectivity index (χ3v) is 2.70. The fourth-order valence-electron chi connectivity index (χ4n) is 0.626. The summed E-state index contributed by atoms with van der Waals surface area (Å²) in [6, 6.07) is 1.86. The van der Waals surface area contributed by atoms with Crippen LogP contribution < -0.4 is 0 Å². The number of hydrogen-bond acceptors (Lipinski definition) is 5. The van der Waals surface area contributed by atoms with E-state index in [4.69, 9.17) is 5.26 Å². The number of rotatable bonds is 1. The van der Waals surface area contributed by atoms with Crippen molar-refractivity contribution in [2.24, 2.45) is 0 Å². The largest absolute Gasteiger partial charge is 0.465 e. The predicted octanol–water partition coefficient (Wildman–Crippen LogP) is 1.56. The van der Waals surface area contributed by atoms with Crippen molar-refractivity contribution in [1.29, 1.82) is 5.26 Å². The number of methoxy groups -OCH3 is 1. The second-order valence-corrected chi connectivity index (χ2v) is 3.31. The number of carbonyl (C=O) groups is 1. The van der Waals surface area contributed by atoms with Gasteiger partial charge in [0.2, 0.25) is 0 Å². The van der Waals surface area contributed by atoms with Gasteiger partial charge in [-0.1, -0.05) is 0 Å². The van der Waals surface area contributed by atoms with Gasteiger partial charge in [-0.2, -0.15) is 9.64 Å². The summed E-state index contributed by atoms with van der Waals surface area (Å²) < 4.78 is 8.61. The van der Waals surface area contributed by atoms with E-state index in [-0.39, 0.29) is 10.4 Å². The predicted molar refractivity (Wildman–Crippen MR) is 45.9 cm³/mol. The molecule has 0 aromatic carbocycles. The number of aromatic nitrogens is 1. The standard InChI is InChI=1S/C6H3BrN2O2S/c1-11-6(10)4-3(2-8)12-9-5(4)7/h1H3. The van der Waals surface area contributed by atoms with Crippen LogP contribution >= 0.6 is 27.5 Å². The van der Waals surface area contributed by atoms with Crippen LogP contribution in [0.25, 0.3) is 0 Å². The summed E-state index contributed by atoms with van der Waals surface area (Å²) in [7, 11) is 1.26. The maximum absolute atomic E-state index is 11.0. The maximum atomic E-state index is 11.0. The van der Waals surface area contributed by atoms with Crippen LogP contribution in [0.4, 0.5) is 0 Å². The third kappa shape index (κ3) is 1.47. The molecular formula is C6H3BrN2O2S. The van der Waals surface area contributed by atoms with Gasteiger partial charge in [0.25, 0.3) is 0 Å². The average Bonchev–Trinajstić information content (AvgIpc) is 2.45. The van der Waals surface area contributed by atoms with Gasteiger partial charge in [-0.15, -0.1) is 0 Å². The lowest BCUT2D eigenvalue weighted by Gasteiger charge is -1.94. The van der Waals surface area contributed by atoms with Crippen LogP contribution in [0.1, 0.15) is 15.2 Å².